The van der Waals surface area contributed by atoms with Gasteiger partial charge in [-0.3, -0.25) is 9.00 Å². The van der Waals surface area contributed by atoms with Crippen LogP contribution in [0.25, 0.3) is 0 Å². The molecular weight excluding hydrogens is 272 g/mol. The first-order valence-electron chi connectivity index (χ1n) is 5.77. The Hall–Kier alpha value is -0.940. The minimum atomic E-state index is -0.816. The molecule has 1 aromatic rings. The van der Waals surface area contributed by atoms with E-state index in [1.165, 1.54) is 0 Å². The topological polar surface area (TPSA) is 59.1 Å². The van der Waals surface area contributed by atoms with Gasteiger partial charge in [0, 0.05) is 40.6 Å². The van der Waals surface area contributed by atoms with Crippen molar-refractivity contribution in [2.45, 2.75) is 19.8 Å². The van der Waals surface area contributed by atoms with Crippen LogP contribution in [0, 0.1) is 0 Å². The minimum absolute atomic E-state index is 0.170. The van der Waals surface area contributed by atoms with Gasteiger partial charge in [-0.05, 0) is 25.0 Å². The molecule has 0 aromatic carbocycles. The van der Waals surface area contributed by atoms with Gasteiger partial charge in [-0.25, -0.2) is 4.98 Å². The number of rotatable bonds is 6. The molecule has 1 atom stereocenters. The number of nitrogens with one attached hydrogen (secondary N) is 1. The van der Waals surface area contributed by atoms with E-state index in [0.717, 1.165) is 12.1 Å². The molecule has 1 rings (SSSR count). The van der Waals surface area contributed by atoms with E-state index in [-0.39, 0.29) is 5.91 Å². The number of nitrogens with zero attached hydrogens (tertiary/aromatic N) is 1. The van der Waals surface area contributed by atoms with E-state index in [1.54, 1.807) is 18.4 Å². The van der Waals surface area contributed by atoms with Gasteiger partial charge in [-0.2, -0.15) is 0 Å². The van der Waals surface area contributed by atoms with Crippen LogP contribution in [-0.4, -0.2) is 33.7 Å². The number of amides is 1. The number of aryl methyl sites for hydroxylation is 1. The van der Waals surface area contributed by atoms with E-state index in [2.05, 4.69) is 10.3 Å². The van der Waals surface area contributed by atoms with Gasteiger partial charge in [0.1, 0.15) is 5.15 Å². The molecular formula is C12H17ClN2O2S. The lowest BCUT2D eigenvalue weighted by Crippen LogP contribution is -2.25. The maximum Gasteiger partial charge on any atom is 0.251 e. The number of hydrogen-bond donors (Lipinski definition) is 1. The molecule has 0 aliphatic rings. The Morgan fingerprint density at radius 3 is 2.83 bits per heavy atom. The highest BCUT2D eigenvalue weighted by molar-refractivity contribution is 7.84. The van der Waals surface area contributed by atoms with Crippen LogP contribution in [0.3, 0.4) is 0 Å². The molecule has 1 amide bonds. The summed E-state index contributed by atoms with van der Waals surface area (Å²) < 4.78 is 10.9. The summed E-state index contributed by atoms with van der Waals surface area (Å²) in [6.45, 7) is 2.47. The predicted molar refractivity (Wildman–Crippen MR) is 74.5 cm³/mol. The Bertz CT molecular complexity index is 452. The summed E-state index contributed by atoms with van der Waals surface area (Å²) in [4.78, 5) is 15.9. The number of halogens is 1. The van der Waals surface area contributed by atoms with Gasteiger partial charge >= 0.3 is 0 Å². The molecule has 0 fully saturated rings. The second-order valence-corrected chi connectivity index (χ2v) is 5.85. The summed E-state index contributed by atoms with van der Waals surface area (Å²) in [5, 5.41) is 3.10. The number of carbonyl (C=O) groups is 1. The molecule has 6 heteroatoms. The summed E-state index contributed by atoms with van der Waals surface area (Å²) in [5.74, 6) is 0.424. The third kappa shape index (κ3) is 5.14. The van der Waals surface area contributed by atoms with Crippen molar-refractivity contribution in [3.05, 3.63) is 28.5 Å². The molecule has 1 unspecified atom stereocenters. The zero-order chi connectivity index (χ0) is 13.5. The normalized spacial score (nSPS) is 12.2. The van der Waals surface area contributed by atoms with E-state index in [1.807, 2.05) is 6.92 Å². The van der Waals surface area contributed by atoms with E-state index in [9.17, 15) is 9.00 Å². The molecule has 100 valence electrons. The Balaban J connectivity index is 2.55. The van der Waals surface area contributed by atoms with E-state index >= 15 is 0 Å². The quantitative estimate of drug-likeness (QED) is 0.641. The average Bonchev–Trinajstić information content (AvgIpc) is 2.33. The Morgan fingerprint density at radius 1 is 1.50 bits per heavy atom. The number of carbonyl (C=O) groups excluding carboxylic acids is 1. The van der Waals surface area contributed by atoms with Gasteiger partial charge in [0.05, 0.1) is 0 Å². The maximum atomic E-state index is 11.8. The van der Waals surface area contributed by atoms with Gasteiger partial charge in [0.25, 0.3) is 5.91 Å². The third-order valence-corrected chi connectivity index (χ3v) is 3.42. The molecule has 0 radical (unpaired) electrons. The number of aromatic nitrogens is 1. The zero-order valence-electron chi connectivity index (χ0n) is 10.5. The standard InChI is InChI=1S/C12H17ClN2O2S/c1-3-10-7-9(8-11(13)15-10)12(16)14-5-4-6-18(2)17/h7-8H,3-6H2,1-2H3,(H,14,16). The molecule has 18 heavy (non-hydrogen) atoms. The van der Waals surface area contributed by atoms with Crippen molar-refractivity contribution in [2.24, 2.45) is 0 Å². The third-order valence-electron chi connectivity index (χ3n) is 2.37. The van der Waals surface area contributed by atoms with Crippen molar-refractivity contribution in [2.75, 3.05) is 18.6 Å². The van der Waals surface area contributed by atoms with Crippen LogP contribution < -0.4 is 5.32 Å². The first-order chi connectivity index (χ1) is 8.52. The molecule has 1 N–H and O–H groups in total. The van der Waals surface area contributed by atoms with Gasteiger partial charge < -0.3 is 5.32 Å². The zero-order valence-corrected chi connectivity index (χ0v) is 12.1. The lowest BCUT2D eigenvalue weighted by Gasteiger charge is -2.06. The summed E-state index contributed by atoms with van der Waals surface area (Å²) in [6, 6.07) is 3.28. The van der Waals surface area contributed by atoms with Gasteiger partial charge in [-0.15, -0.1) is 0 Å². The monoisotopic (exact) mass is 288 g/mol. The second kappa shape index (κ2) is 7.48. The first-order valence-corrected chi connectivity index (χ1v) is 7.88. The molecule has 0 saturated carbocycles. The summed E-state index contributed by atoms with van der Waals surface area (Å²) >= 11 is 5.84. The lowest BCUT2D eigenvalue weighted by molar-refractivity contribution is 0.0953. The SMILES string of the molecule is CCc1cc(C(=O)NCCCS(C)=O)cc(Cl)n1. The van der Waals surface area contributed by atoms with Crippen LogP contribution in [0.1, 0.15) is 29.4 Å². The molecule has 0 aliphatic heterocycles. The Kier molecular flexibility index (Phi) is 6.29. The van der Waals surface area contributed by atoms with Crippen LogP contribution in [0.5, 0.6) is 0 Å². The number of pyridine rings is 1. The van der Waals surface area contributed by atoms with E-state index in [0.29, 0.717) is 29.4 Å². The van der Waals surface area contributed by atoms with Crippen molar-refractivity contribution in [1.29, 1.82) is 0 Å². The molecule has 4 nitrogen and oxygen atoms in total. The van der Waals surface area contributed by atoms with Crippen LogP contribution >= 0.6 is 11.6 Å². The van der Waals surface area contributed by atoms with Crippen LogP contribution in [0.2, 0.25) is 5.15 Å². The lowest BCUT2D eigenvalue weighted by atomic mass is 10.2. The summed E-state index contributed by atoms with van der Waals surface area (Å²) in [6.07, 6.45) is 3.09. The van der Waals surface area contributed by atoms with Gasteiger partial charge in [0.15, 0.2) is 0 Å². The summed E-state index contributed by atoms with van der Waals surface area (Å²) in [7, 11) is -0.816. The molecule has 1 aromatic heterocycles. The molecule has 1 heterocycles. The smallest absolute Gasteiger partial charge is 0.251 e. The molecule has 0 aliphatic carbocycles. The molecule has 0 spiro atoms. The highest BCUT2D eigenvalue weighted by atomic mass is 35.5. The summed E-state index contributed by atoms with van der Waals surface area (Å²) in [5.41, 5.74) is 1.31. The van der Waals surface area contributed by atoms with Crippen molar-refractivity contribution in [3.63, 3.8) is 0 Å². The minimum Gasteiger partial charge on any atom is -0.352 e. The van der Waals surface area contributed by atoms with Crippen molar-refractivity contribution in [3.8, 4) is 0 Å². The fraction of sp³-hybridized carbons (Fsp3) is 0.500. The second-order valence-electron chi connectivity index (χ2n) is 3.91. The Labute approximate surface area is 115 Å². The average molecular weight is 289 g/mol. The molecule has 0 bridgehead atoms. The van der Waals surface area contributed by atoms with Crippen molar-refractivity contribution >= 4 is 28.3 Å². The highest BCUT2D eigenvalue weighted by Gasteiger charge is 2.08. The van der Waals surface area contributed by atoms with Gasteiger partial charge in [0.2, 0.25) is 0 Å². The number of hydrogen-bond acceptors (Lipinski definition) is 3. The highest BCUT2D eigenvalue weighted by Crippen LogP contribution is 2.11. The van der Waals surface area contributed by atoms with Crippen molar-refractivity contribution < 1.29 is 9.00 Å². The van der Waals surface area contributed by atoms with Crippen LogP contribution in [0.4, 0.5) is 0 Å². The Morgan fingerprint density at radius 2 is 2.22 bits per heavy atom. The van der Waals surface area contributed by atoms with Crippen LogP contribution in [0.15, 0.2) is 12.1 Å². The van der Waals surface area contributed by atoms with E-state index < -0.39 is 10.8 Å². The fourth-order valence-corrected chi connectivity index (χ4v) is 2.22. The fourth-order valence-electron chi connectivity index (χ4n) is 1.44. The predicted octanol–water partition coefficient (Wildman–Crippen LogP) is 1.80. The largest absolute Gasteiger partial charge is 0.352 e. The van der Waals surface area contributed by atoms with Crippen LogP contribution in [-0.2, 0) is 17.2 Å². The van der Waals surface area contributed by atoms with Crippen molar-refractivity contribution in [1.82, 2.24) is 10.3 Å². The first kappa shape index (κ1) is 15.1. The maximum absolute atomic E-state index is 11.8. The molecule has 0 saturated heterocycles. The van der Waals surface area contributed by atoms with E-state index in [4.69, 9.17) is 11.6 Å². The van der Waals surface area contributed by atoms with Gasteiger partial charge in [-0.1, -0.05) is 18.5 Å².